The summed E-state index contributed by atoms with van der Waals surface area (Å²) in [7, 11) is -2.73. The van der Waals surface area contributed by atoms with E-state index in [2.05, 4.69) is 83.3 Å². The van der Waals surface area contributed by atoms with Gasteiger partial charge in [0.25, 0.3) is 0 Å². The molecular formula is C24H24IOP. The third-order valence-corrected chi connectivity index (χ3v) is 16.5. The number of hydrogen-bond donors (Lipinski definition) is 0. The lowest BCUT2D eigenvalue weighted by atomic mass is 9.70. The Morgan fingerprint density at radius 1 is 0.704 bits per heavy atom. The maximum atomic E-state index is 15.6. The van der Waals surface area contributed by atoms with Crippen molar-refractivity contribution in [1.82, 2.24) is 0 Å². The van der Waals surface area contributed by atoms with Crippen LogP contribution in [0.15, 0.2) is 60.7 Å². The number of rotatable bonds is 3. The van der Waals surface area contributed by atoms with Crippen LogP contribution in [0.4, 0.5) is 0 Å². The van der Waals surface area contributed by atoms with E-state index < -0.39 is 7.14 Å². The zero-order chi connectivity index (χ0) is 18.0. The van der Waals surface area contributed by atoms with Gasteiger partial charge in [-0.1, -0.05) is 83.3 Å². The van der Waals surface area contributed by atoms with Crippen molar-refractivity contribution in [3.8, 4) is 0 Å². The summed E-state index contributed by atoms with van der Waals surface area (Å²) in [6.45, 7) is 0. The lowest BCUT2D eigenvalue weighted by molar-refractivity contribution is 0.213. The molecule has 0 radical (unpaired) electrons. The highest BCUT2D eigenvalue weighted by Gasteiger charge is 2.93. The van der Waals surface area contributed by atoms with Gasteiger partial charge in [0, 0.05) is 14.0 Å². The molecule has 0 amide bonds. The van der Waals surface area contributed by atoms with Gasteiger partial charge >= 0.3 is 0 Å². The lowest BCUT2D eigenvalue weighted by Gasteiger charge is -2.56. The average molecular weight is 486 g/mol. The fraction of sp³-hybridized carbons (Fsp3) is 0.500. The fourth-order valence-electron chi connectivity index (χ4n) is 9.40. The van der Waals surface area contributed by atoms with Crippen molar-refractivity contribution in [1.29, 1.82) is 0 Å². The number of benzene rings is 2. The highest BCUT2D eigenvalue weighted by atomic mass is 127. The van der Waals surface area contributed by atoms with Crippen molar-refractivity contribution in [2.24, 2.45) is 35.5 Å². The normalized spacial score (nSPS) is 48.0. The predicted molar refractivity (Wildman–Crippen MR) is 119 cm³/mol. The maximum Gasteiger partial charge on any atom is 0.150 e. The molecule has 138 valence electrons. The smallest absolute Gasteiger partial charge is 0.150 e. The van der Waals surface area contributed by atoms with Crippen LogP contribution in [-0.4, -0.2) is 8.58 Å². The summed E-state index contributed by atoms with van der Waals surface area (Å²) >= 11 is 2.88. The van der Waals surface area contributed by atoms with Crippen LogP contribution in [0.1, 0.15) is 25.7 Å². The minimum absolute atomic E-state index is 0.0183. The van der Waals surface area contributed by atoms with Crippen LogP contribution in [0.5, 0.6) is 0 Å². The summed E-state index contributed by atoms with van der Waals surface area (Å²) in [5.41, 5.74) is 0. The molecule has 0 N–H and O–H groups in total. The highest BCUT2D eigenvalue weighted by Crippen LogP contribution is 2.95. The lowest BCUT2D eigenvalue weighted by Crippen LogP contribution is -2.60. The Balaban J connectivity index is 1.59. The van der Waals surface area contributed by atoms with Crippen LogP contribution < -0.4 is 10.6 Å². The number of hydrogen-bond acceptors (Lipinski definition) is 1. The van der Waals surface area contributed by atoms with Crippen LogP contribution >= 0.6 is 29.7 Å². The van der Waals surface area contributed by atoms with E-state index >= 15 is 4.57 Å². The standard InChI is InChI=1S/C24H24IOP/c25-23-17-11-13-19-21(17)22-18(23)12-14-20(22)24(19,23)27(26,15-7-3-1-4-8-15)16-9-5-2-6-10-16/h1-10,17-22H,11-14H2. The predicted octanol–water partition coefficient (Wildman–Crippen LogP) is 5.24. The molecule has 1 nitrogen and oxygen atoms in total. The fourth-order valence-corrected chi connectivity index (χ4v) is 17.4. The van der Waals surface area contributed by atoms with Gasteiger partial charge in [-0.2, -0.15) is 0 Å². The van der Waals surface area contributed by atoms with E-state index in [-0.39, 0.29) is 8.58 Å². The van der Waals surface area contributed by atoms with Crippen LogP contribution in [0.2, 0.25) is 0 Å². The molecule has 6 unspecified atom stereocenters. The van der Waals surface area contributed by atoms with Gasteiger partial charge in [0.1, 0.15) is 0 Å². The molecule has 0 saturated heterocycles. The molecule has 2 aromatic carbocycles. The molecule has 2 aromatic rings. The summed E-state index contributed by atoms with van der Waals surface area (Å²) in [4.78, 5) is 0. The van der Waals surface area contributed by atoms with E-state index in [0.717, 1.165) is 34.3 Å². The first kappa shape index (κ1) is 16.2. The van der Waals surface area contributed by atoms with Gasteiger partial charge in [0.05, 0.1) is 5.16 Å². The first-order valence-electron chi connectivity index (χ1n) is 10.6. The largest absolute Gasteiger partial charge is 0.313 e. The molecular weight excluding hydrogens is 462 g/mol. The van der Waals surface area contributed by atoms with Crippen molar-refractivity contribution in [3.63, 3.8) is 0 Å². The number of halogens is 1. The second kappa shape index (κ2) is 4.93. The second-order valence-electron chi connectivity index (χ2n) is 9.61. The molecule has 27 heavy (non-hydrogen) atoms. The van der Waals surface area contributed by atoms with E-state index in [0.29, 0.717) is 11.8 Å². The molecule has 6 aliphatic carbocycles. The summed E-state index contributed by atoms with van der Waals surface area (Å²) < 4.78 is 15.9. The zero-order valence-electron chi connectivity index (χ0n) is 15.3. The van der Waals surface area contributed by atoms with Crippen LogP contribution in [0.25, 0.3) is 0 Å². The van der Waals surface area contributed by atoms with Crippen LogP contribution in [0.3, 0.4) is 0 Å². The van der Waals surface area contributed by atoms with E-state index in [1.807, 2.05) is 0 Å². The van der Waals surface area contributed by atoms with E-state index in [1.165, 1.54) is 25.7 Å². The van der Waals surface area contributed by atoms with Gasteiger partial charge in [0.15, 0.2) is 7.14 Å². The molecule has 0 spiro atoms. The van der Waals surface area contributed by atoms with Crippen molar-refractivity contribution >= 4 is 40.3 Å². The summed E-state index contributed by atoms with van der Waals surface area (Å²) in [5.74, 6) is 4.79. The molecule has 0 aliphatic heterocycles. The van der Waals surface area contributed by atoms with Gasteiger partial charge in [-0.15, -0.1) is 0 Å². The molecule has 0 heterocycles. The molecule has 6 atom stereocenters. The topological polar surface area (TPSA) is 17.1 Å². The average Bonchev–Trinajstić information content (AvgIpc) is 3.49. The third kappa shape index (κ3) is 1.41. The quantitative estimate of drug-likeness (QED) is 0.330. The highest BCUT2D eigenvalue weighted by molar-refractivity contribution is 14.1. The zero-order valence-corrected chi connectivity index (χ0v) is 18.4. The Kier molecular flexibility index (Phi) is 2.96. The van der Waals surface area contributed by atoms with Crippen LogP contribution in [0, 0.1) is 35.5 Å². The van der Waals surface area contributed by atoms with E-state index in [1.54, 1.807) is 0 Å². The third-order valence-electron chi connectivity index (χ3n) is 9.46. The Hall–Kier alpha value is -0.600. The second-order valence-corrected chi connectivity index (χ2v) is 14.4. The van der Waals surface area contributed by atoms with Crippen molar-refractivity contribution in [3.05, 3.63) is 60.7 Å². The van der Waals surface area contributed by atoms with Crippen molar-refractivity contribution < 1.29 is 4.57 Å². The monoisotopic (exact) mass is 486 g/mol. The van der Waals surface area contributed by atoms with Crippen molar-refractivity contribution in [2.45, 2.75) is 34.3 Å². The minimum atomic E-state index is -2.73. The van der Waals surface area contributed by atoms with Gasteiger partial charge < -0.3 is 4.57 Å². The maximum absolute atomic E-state index is 15.6. The first-order valence-corrected chi connectivity index (χ1v) is 13.4. The Bertz CT molecular complexity index is 916. The summed E-state index contributed by atoms with van der Waals surface area (Å²) in [6, 6.07) is 21.2. The van der Waals surface area contributed by atoms with Crippen LogP contribution in [-0.2, 0) is 4.57 Å². The molecule has 3 heteroatoms. The van der Waals surface area contributed by atoms with E-state index in [9.17, 15) is 0 Å². The van der Waals surface area contributed by atoms with Gasteiger partial charge in [0.2, 0.25) is 0 Å². The summed E-state index contributed by atoms with van der Waals surface area (Å²) in [5, 5.41) is 2.26. The molecule has 0 aromatic heterocycles. The Morgan fingerprint density at radius 2 is 1.11 bits per heavy atom. The molecule has 8 bridgehead atoms. The van der Waals surface area contributed by atoms with Gasteiger partial charge in [-0.05, 0) is 61.2 Å². The summed E-state index contributed by atoms with van der Waals surface area (Å²) in [6.07, 6.45) is 5.43. The molecule has 6 aliphatic rings. The van der Waals surface area contributed by atoms with E-state index in [4.69, 9.17) is 0 Å². The van der Waals surface area contributed by atoms with Gasteiger partial charge in [-0.25, -0.2) is 0 Å². The molecule has 6 fully saturated rings. The molecule has 6 saturated carbocycles. The molecule has 8 rings (SSSR count). The Morgan fingerprint density at radius 3 is 1.56 bits per heavy atom. The minimum Gasteiger partial charge on any atom is -0.313 e. The first-order chi connectivity index (χ1) is 13.2. The number of alkyl halides is 1. The Labute approximate surface area is 174 Å². The van der Waals surface area contributed by atoms with Gasteiger partial charge in [-0.3, -0.25) is 0 Å². The van der Waals surface area contributed by atoms with Crippen molar-refractivity contribution in [2.75, 3.05) is 0 Å². The SMILES string of the molecule is O=P(c1ccccc1)(c1ccccc1)C12C3CCC4C3C3C(CCC31)C42I.